The first-order valence-corrected chi connectivity index (χ1v) is 6.11. The van der Waals surface area contributed by atoms with Gasteiger partial charge in [0.05, 0.1) is 14.2 Å². The van der Waals surface area contributed by atoms with Crippen molar-refractivity contribution >= 4 is 12.2 Å². The molecule has 0 aromatic rings. The Kier molecular flexibility index (Phi) is 4.24. The molecule has 2 aliphatic rings. The lowest BCUT2D eigenvalue weighted by atomic mass is 9.90. The minimum absolute atomic E-state index is 0.128. The topological polar surface area (TPSA) is 59.1 Å². The summed E-state index contributed by atoms with van der Waals surface area (Å²) in [6.45, 7) is 0. The number of methoxy groups -OCH3 is 2. The Hall–Kier alpha value is -2.50. The quantitative estimate of drug-likeness (QED) is 0.738. The van der Waals surface area contributed by atoms with Gasteiger partial charge in [0.2, 0.25) is 0 Å². The second-order valence-corrected chi connectivity index (χ2v) is 4.28. The number of hydrogen-bond acceptors (Lipinski definition) is 4. The molecule has 2 rings (SSSR count). The second kappa shape index (κ2) is 6.10. The van der Waals surface area contributed by atoms with E-state index < -0.39 is 12.2 Å². The van der Waals surface area contributed by atoms with Crippen LogP contribution in [-0.2, 0) is 9.47 Å². The molecule has 0 aliphatic carbocycles. The monoisotopic (exact) mass is 276 g/mol. The van der Waals surface area contributed by atoms with Gasteiger partial charge in [0, 0.05) is 36.6 Å². The molecule has 0 spiro atoms. The number of allylic oxidation sites excluding steroid dienone is 4. The van der Waals surface area contributed by atoms with Gasteiger partial charge in [-0.1, -0.05) is 24.3 Å². The van der Waals surface area contributed by atoms with Gasteiger partial charge in [-0.15, -0.1) is 0 Å². The van der Waals surface area contributed by atoms with Crippen molar-refractivity contribution < 1.29 is 19.1 Å². The standard InChI is InChI=1S/C14H16N2O4/c1-19-13(17)15-7-3-11(4-8-15)12-5-9-16(10-6-12)14(18)20-2/h3-12H,1-2H3. The summed E-state index contributed by atoms with van der Waals surface area (Å²) in [5.74, 6) is 0.256. The molecule has 20 heavy (non-hydrogen) atoms. The average molecular weight is 276 g/mol. The fourth-order valence-electron chi connectivity index (χ4n) is 1.96. The van der Waals surface area contributed by atoms with E-state index in [2.05, 4.69) is 9.47 Å². The van der Waals surface area contributed by atoms with Crippen molar-refractivity contribution in [3.05, 3.63) is 49.1 Å². The zero-order valence-electron chi connectivity index (χ0n) is 11.3. The lowest BCUT2D eigenvalue weighted by Crippen LogP contribution is -2.26. The lowest BCUT2D eigenvalue weighted by molar-refractivity contribution is 0.149. The van der Waals surface area contributed by atoms with E-state index in [1.54, 1.807) is 24.8 Å². The van der Waals surface area contributed by atoms with Crippen molar-refractivity contribution in [2.24, 2.45) is 11.8 Å². The van der Waals surface area contributed by atoms with Crippen molar-refractivity contribution in [3.8, 4) is 0 Å². The fraction of sp³-hybridized carbons (Fsp3) is 0.286. The van der Waals surface area contributed by atoms with Gasteiger partial charge in [0.25, 0.3) is 0 Å². The maximum atomic E-state index is 11.3. The van der Waals surface area contributed by atoms with Crippen molar-refractivity contribution in [1.29, 1.82) is 0 Å². The predicted octanol–water partition coefficient (Wildman–Crippen LogP) is 2.44. The molecule has 0 radical (unpaired) electrons. The normalized spacial score (nSPS) is 18.5. The molecule has 0 saturated carbocycles. The number of nitrogens with zero attached hydrogens (tertiary/aromatic N) is 2. The van der Waals surface area contributed by atoms with Crippen LogP contribution in [0.3, 0.4) is 0 Å². The van der Waals surface area contributed by atoms with Crippen LogP contribution in [0.2, 0.25) is 0 Å². The van der Waals surface area contributed by atoms with Gasteiger partial charge in [-0.2, -0.15) is 0 Å². The molecule has 2 heterocycles. The van der Waals surface area contributed by atoms with Crippen molar-refractivity contribution in [2.45, 2.75) is 0 Å². The van der Waals surface area contributed by atoms with E-state index in [1.165, 1.54) is 24.0 Å². The third-order valence-electron chi connectivity index (χ3n) is 3.09. The molecule has 0 N–H and O–H groups in total. The molecule has 6 nitrogen and oxygen atoms in total. The molecular weight excluding hydrogens is 260 g/mol. The van der Waals surface area contributed by atoms with Gasteiger partial charge < -0.3 is 9.47 Å². The first-order chi connectivity index (χ1) is 9.65. The largest absolute Gasteiger partial charge is 0.452 e. The molecule has 0 saturated heterocycles. The Labute approximate surface area is 117 Å². The van der Waals surface area contributed by atoms with Crippen LogP contribution in [-0.4, -0.2) is 36.2 Å². The minimum Gasteiger partial charge on any atom is -0.452 e. The van der Waals surface area contributed by atoms with Crippen molar-refractivity contribution in [1.82, 2.24) is 9.80 Å². The first-order valence-electron chi connectivity index (χ1n) is 6.11. The summed E-state index contributed by atoms with van der Waals surface area (Å²) in [5, 5.41) is 0. The second-order valence-electron chi connectivity index (χ2n) is 4.28. The highest BCUT2D eigenvalue weighted by molar-refractivity contribution is 5.71. The molecule has 0 aromatic carbocycles. The first kappa shape index (κ1) is 13.9. The molecule has 2 aliphatic heterocycles. The van der Waals surface area contributed by atoms with Gasteiger partial charge in [-0.3, -0.25) is 9.80 Å². The van der Waals surface area contributed by atoms with E-state index >= 15 is 0 Å². The zero-order valence-corrected chi connectivity index (χ0v) is 11.3. The number of ether oxygens (including phenoxy) is 2. The Morgan fingerprint density at radius 1 is 0.750 bits per heavy atom. The molecule has 106 valence electrons. The van der Waals surface area contributed by atoms with Crippen molar-refractivity contribution in [3.63, 3.8) is 0 Å². The van der Waals surface area contributed by atoms with Crippen LogP contribution in [0.5, 0.6) is 0 Å². The van der Waals surface area contributed by atoms with E-state index in [0.717, 1.165) is 0 Å². The van der Waals surface area contributed by atoms with Crippen molar-refractivity contribution in [2.75, 3.05) is 14.2 Å². The predicted molar refractivity (Wildman–Crippen MR) is 72.0 cm³/mol. The molecule has 0 bridgehead atoms. The third-order valence-corrected chi connectivity index (χ3v) is 3.09. The highest BCUT2D eigenvalue weighted by Gasteiger charge is 2.20. The molecule has 0 unspecified atom stereocenters. The van der Waals surface area contributed by atoms with E-state index in [0.29, 0.717) is 0 Å². The highest BCUT2D eigenvalue weighted by Crippen LogP contribution is 2.25. The van der Waals surface area contributed by atoms with Gasteiger partial charge in [0.15, 0.2) is 0 Å². The third kappa shape index (κ3) is 2.90. The molecule has 0 atom stereocenters. The van der Waals surface area contributed by atoms with Crippen LogP contribution in [0.25, 0.3) is 0 Å². The summed E-state index contributed by atoms with van der Waals surface area (Å²) >= 11 is 0. The van der Waals surface area contributed by atoms with Gasteiger partial charge >= 0.3 is 12.2 Å². The molecule has 2 amide bonds. The summed E-state index contributed by atoms with van der Waals surface area (Å²) in [4.78, 5) is 25.4. The van der Waals surface area contributed by atoms with Gasteiger partial charge in [-0.25, -0.2) is 9.59 Å². The number of carbonyl (C=O) groups excluding carboxylic acids is 2. The number of rotatable bonds is 1. The Balaban J connectivity index is 1.97. The smallest absolute Gasteiger partial charge is 0.417 e. The van der Waals surface area contributed by atoms with Crippen LogP contribution in [0.15, 0.2) is 49.1 Å². The molecule has 6 heteroatoms. The van der Waals surface area contributed by atoms with Crippen LogP contribution >= 0.6 is 0 Å². The van der Waals surface area contributed by atoms with Crippen LogP contribution < -0.4 is 0 Å². The average Bonchev–Trinajstić information content (AvgIpc) is 2.53. The fourth-order valence-corrected chi connectivity index (χ4v) is 1.96. The highest BCUT2D eigenvalue weighted by atomic mass is 16.5. The number of carbonyl (C=O) groups is 2. The van der Waals surface area contributed by atoms with E-state index in [4.69, 9.17) is 0 Å². The minimum atomic E-state index is -0.428. The van der Waals surface area contributed by atoms with Crippen LogP contribution in [0.1, 0.15) is 0 Å². The van der Waals surface area contributed by atoms with E-state index in [1.807, 2.05) is 24.3 Å². The maximum Gasteiger partial charge on any atom is 0.417 e. The Morgan fingerprint density at radius 3 is 1.30 bits per heavy atom. The molecule has 0 aromatic heterocycles. The Morgan fingerprint density at radius 2 is 1.05 bits per heavy atom. The van der Waals surface area contributed by atoms with Crippen LogP contribution in [0, 0.1) is 11.8 Å². The van der Waals surface area contributed by atoms with Gasteiger partial charge in [-0.05, 0) is 0 Å². The van der Waals surface area contributed by atoms with Gasteiger partial charge in [0.1, 0.15) is 0 Å². The van der Waals surface area contributed by atoms with E-state index in [-0.39, 0.29) is 11.8 Å². The number of hydrogen-bond donors (Lipinski definition) is 0. The summed E-state index contributed by atoms with van der Waals surface area (Å²) in [6.07, 6.45) is 13.5. The number of amides is 2. The summed E-state index contributed by atoms with van der Waals surface area (Å²) in [6, 6.07) is 0. The van der Waals surface area contributed by atoms with Crippen LogP contribution in [0.4, 0.5) is 9.59 Å². The summed E-state index contributed by atoms with van der Waals surface area (Å²) in [5.41, 5.74) is 0. The SMILES string of the molecule is COC(=O)N1C=CC(C2C=CN(C(=O)OC)C=C2)C=C1. The molecule has 0 fully saturated rings. The Bertz CT molecular complexity index is 433. The summed E-state index contributed by atoms with van der Waals surface area (Å²) < 4.78 is 9.24. The summed E-state index contributed by atoms with van der Waals surface area (Å²) in [7, 11) is 2.67. The maximum absolute atomic E-state index is 11.3. The zero-order chi connectivity index (χ0) is 14.5. The van der Waals surface area contributed by atoms with E-state index in [9.17, 15) is 9.59 Å². The lowest BCUT2D eigenvalue weighted by Gasteiger charge is -2.25. The molecular formula is C14H16N2O4.